The summed E-state index contributed by atoms with van der Waals surface area (Å²) in [6.45, 7) is 0.802. The molecule has 0 radical (unpaired) electrons. The third-order valence-corrected chi connectivity index (χ3v) is 3.66. The first-order chi connectivity index (χ1) is 9.13. The van der Waals surface area contributed by atoms with E-state index in [0.29, 0.717) is 24.2 Å². The Morgan fingerprint density at radius 1 is 1.47 bits per heavy atom. The summed E-state index contributed by atoms with van der Waals surface area (Å²) in [6.07, 6.45) is 1.72. The Morgan fingerprint density at radius 3 is 2.95 bits per heavy atom. The minimum atomic E-state index is -0.476. The van der Waals surface area contributed by atoms with E-state index in [-0.39, 0.29) is 11.3 Å². The quantitative estimate of drug-likeness (QED) is 0.744. The molecule has 3 rings (SSSR count). The maximum Gasteiger partial charge on any atom is 0.417 e. The maximum atomic E-state index is 11.9. The van der Waals surface area contributed by atoms with Crippen LogP contribution in [0, 0.1) is 5.41 Å². The van der Waals surface area contributed by atoms with Crippen LogP contribution < -0.4 is 16.8 Å². The molecule has 19 heavy (non-hydrogen) atoms. The summed E-state index contributed by atoms with van der Waals surface area (Å²) in [5.41, 5.74) is 7.29. The Kier molecular flexibility index (Phi) is 2.67. The molecular weight excluding hydrogens is 246 g/mol. The SMILES string of the molecule is NCC1(C(=O)NCc2ccc3[nH]c(=O)oc3c2)CC1. The molecule has 6 heteroatoms. The van der Waals surface area contributed by atoms with Gasteiger partial charge >= 0.3 is 5.76 Å². The van der Waals surface area contributed by atoms with Gasteiger partial charge in [0.05, 0.1) is 10.9 Å². The lowest BCUT2D eigenvalue weighted by molar-refractivity contribution is -0.126. The highest BCUT2D eigenvalue weighted by atomic mass is 16.4. The molecule has 6 nitrogen and oxygen atoms in total. The molecule has 1 fully saturated rings. The Labute approximate surface area is 109 Å². The van der Waals surface area contributed by atoms with Crippen molar-refractivity contribution in [2.45, 2.75) is 19.4 Å². The van der Waals surface area contributed by atoms with Crippen LogP contribution >= 0.6 is 0 Å². The van der Waals surface area contributed by atoms with E-state index in [1.807, 2.05) is 6.07 Å². The minimum Gasteiger partial charge on any atom is -0.408 e. The van der Waals surface area contributed by atoms with Crippen LogP contribution in [-0.4, -0.2) is 17.4 Å². The van der Waals surface area contributed by atoms with Crippen LogP contribution in [-0.2, 0) is 11.3 Å². The summed E-state index contributed by atoms with van der Waals surface area (Å²) < 4.78 is 4.97. The number of carbonyl (C=O) groups excluding carboxylic acids is 1. The van der Waals surface area contributed by atoms with Crippen molar-refractivity contribution in [1.29, 1.82) is 0 Å². The van der Waals surface area contributed by atoms with Gasteiger partial charge in [-0.25, -0.2) is 4.79 Å². The molecule has 1 aromatic heterocycles. The van der Waals surface area contributed by atoms with Crippen molar-refractivity contribution >= 4 is 17.0 Å². The zero-order chi connectivity index (χ0) is 13.5. The number of hydrogen-bond acceptors (Lipinski definition) is 4. The number of amides is 1. The molecule has 0 aliphatic heterocycles. The Balaban J connectivity index is 1.71. The molecule has 1 aliphatic rings. The van der Waals surface area contributed by atoms with Crippen molar-refractivity contribution in [3.05, 3.63) is 34.3 Å². The van der Waals surface area contributed by atoms with Crippen LogP contribution in [0.3, 0.4) is 0 Å². The highest BCUT2D eigenvalue weighted by Crippen LogP contribution is 2.44. The molecule has 0 spiro atoms. The number of fused-ring (bicyclic) bond motifs is 1. The summed E-state index contributed by atoms with van der Waals surface area (Å²) in [7, 11) is 0. The van der Waals surface area contributed by atoms with Gasteiger partial charge in [0.15, 0.2) is 5.58 Å². The monoisotopic (exact) mass is 261 g/mol. The number of aromatic amines is 1. The zero-order valence-electron chi connectivity index (χ0n) is 10.4. The molecular formula is C13H15N3O3. The molecule has 100 valence electrons. The van der Waals surface area contributed by atoms with Crippen LogP contribution in [0.25, 0.3) is 11.1 Å². The van der Waals surface area contributed by atoms with E-state index in [0.717, 1.165) is 18.4 Å². The van der Waals surface area contributed by atoms with Gasteiger partial charge in [0, 0.05) is 13.1 Å². The van der Waals surface area contributed by atoms with Crippen LogP contribution in [0.5, 0.6) is 0 Å². The first kappa shape index (κ1) is 12.0. The average Bonchev–Trinajstić information content (AvgIpc) is 3.12. The largest absolute Gasteiger partial charge is 0.417 e. The lowest BCUT2D eigenvalue weighted by atomic mass is 10.1. The molecule has 2 aromatic rings. The molecule has 0 atom stereocenters. The molecule has 0 saturated heterocycles. The van der Waals surface area contributed by atoms with Crippen LogP contribution in [0.15, 0.2) is 27.4 Å². The van der Waals surface area contributed by atoms with Crippen LogP contribution in [0.1, 0.15) is 18.4 Å². The predicted molar refractivity (Wildman–Crippen MR) is 69.4 cm³/mol. The number of carbonyl (C=O) groups is 1. The number of rotatable bonds is 4. The van der Waals surface area contributed by atoms with E-state index in [2.05, 4.69) is 10.3 Å². The van der Waals surface area contributed by atoms with Gasteiger partial charge in [0.25, 0.3) is 0 Å². The molecule has 1 amide bonds. The van der Waals surface area contributed by atoms with Gasteiger partial charge in [-0.3, -0.25) is 9.78 Å². The minimum absolute atomic E-state index is 0.00520. The second kappa shape index (κ2) is 4.24. The fourth-order valence-electron chi connectivity index (χ4n) is 2.14. The molecule has 1 aromatic carbocycles. The van der Waals surface area contributed by atoms with Crippen molar-refractivity contribution in [3.63, 3.8) is 0 Å². The van der Waals surface area contributed by atoms with Crippen LogP contribution in [0.2, 0.25) is 0 Å². The molecule has 0 unspecified atom stereocenters. The number of H-pyrrole nitrogens is 1. The summed E-state index contributed by atoms with van der Waals surface area (Å²) >= 11 is 0. The Hall–Kier alpha value is -2.08. The fraction of sp³-hybridized carbons (Fsp3) is 0.385. The van der Waals surface area contributed by atoms with Gasteiger partial charge in [-0.15, -0.1) is 0 Å². The van der Waals surface area contributed by atoms with E-state index < -0.39 is 5.76 Å². The summed E-state index contributed by atoms with van der Waals surface area (Å²) in [6, 6.07) is 5.35. The van der Waals surface area contributed by atoms with Gasteiger partial charge in [0.2, 0.25) is 5.91 Å². The fourth-order valence-corrected chi connectivity index (χ4v) is 2.14. The van der Waals surface area contributed by atoms with E-state index in [9.17, 15) is 9.59 Å². The summed E-state index contributed by atoms with van der Waals surface area (Å²) in [5.74, 6) is -0.470. The van der Waals surface area contributed by atoms with Crippen LogP contribution in [0.4, 0.5) is 0 Å². The lowest BCUT2D eigenvalue weighted by Crippen LogP contribution is -2.36. The number of hydrogen-bond donors (Lipinski definition) is 3. The van der Waals surface area contributed by atoms with Crippen molar-refractivity contribution in [2.75, 3.05) is 6.54 Å². The van der Waals surface area contributed by atoms with Crippen molar-refractivity contribution < 1.29 is 9.21 Å². The van der Waals surface area contributed by atoms with Gasteiger partial charge in [-0.05, 0) is 30.5 Å². The summed E-state index contributed by atoms with van der Waals surface area (Å²) in [5, 5.41) is 2.88. The maximum absolute atomic E-state index is 11.9. The number of nitrogens with one attached hydrogen (secondary N) is 2. The van der Waals surface area contributed by atoms with E-state index in [1.165, 1.54) is 0 Å². The summed E-state index contributed by atoms with van der Waals surface area (Å²) in [4.78, 5) is 25.5. The molecule has 0 bridgehead atoms. The smallest absolute Gasteiger partial charge is 0.408 e. The Bertz CT molecular complexity index is 682. The second-order valence-corrected chi connectivity index (χ2v) is 5.01. The first-order valence-corrected chi connectivity index (χ1v) is 6.23. The highest BCUT2D eigenvalue weighted by Gasteiger charge is 2.48. The second-order valence-electron chi connectivity index (χ2n) is 5.01. The number of oxazole rings is 1. The number of nitrogens with two attached hydrogens (primary N) is 1. The van der Waals surface area contributed by atoms with Crippen molar-refractivity contribution in [3.8, 4) is 0 Å². The van der Waals surface area contributed by atoms with Gasteiger partial charge in [-0.2, -0.15) is 0 Å². The van der Waals surface area contributed by atoms with Crippen molar-refractivity contribution in [2.24, 2.45) is 11.1 Å². The van der Waals surface area contributed by atoms with E-state index >= 15 is 0 Å². The van der Waals surface area contributed by atoms with E-state index in [4.69, 9.17) is 10.2 Å². The number of aromatic nitrogens is 1. The third kappa shape index (κ3) is 2.15. The highest BCUT2D eigenvalue weighted by molar-refractivity contribution is 5.85. The average molecular weight is 261 g/mol. The van der Waals surface area contributed by atoms with E-state index in [1.54, 1.807) is 12.1 Å². The molecule has 1 aliphatic carbocycles. The predicted octanol–water partition coefficient (Wildman–Crippen LogP) is 0.476. The normalized spacial score (nSPS) is 16.5. The zero-order valence-corrected chi connectivity index (χ0v) is 10.4. The van der Waals surface area contributed by atoms with Gasteiger partial charge < -0.3 is 15.5 Å². The van der Waals surface area contributed by atoms with Gasteiger partial charge in [-0.1, -0.05) is 6.07 Å². The Morgan fingerprint density at radius 2 is 2.26 bits per heavy atom. The molecule has 4 N–H and O–H groups in total. The first-order valence-electron chi connectivity index (χ1n) is 6.23. The number of benzene rings is 1. The van der Waals surface area contributed by atoms with Crippen molar-refractivity contribution in [1.82, 2.24) is 10.3 Å². The standard InChI is InChI=1S/C13H15N3O3/c14-7-13(3-4-13)11(17)15-6-8-1-2-9-10(5-8)19-12(18)16-9/h1-2,5H,3-4,6-7,14H2,(H,15,17)(H,16,18). The topological polar surface area (TPSA) is 101 Å². The lowest BCUT2D eigenvalue weighted by Gasteiger charge is -2.12. The molecule has 1 saturated carbocycles. The van der Waals surface area contributed by atoms with Gasteiger partial charge in [0.1, 0.15) is 0 Å². The molecule has 1 heterocycles. The third-order valence-electron chi connectivity index (χ3n) is 3.66.